The van der Waals surface area contributed by atoms with Gasteiger partial charge in [0.1, 0.15) is 5.75 Å². The monoisotopic (exact) mass is 288 g/mol. The highest BCUT2D eigenvalue weighted by atomic mass is 19.4. The highest BCUT2D eigenvalue weighted by Gasteiger charge is 2.46. The molecular formula is C10H6F6O3. The van der Waals surface area contributed by atoms with Gasteiger partial charge < -0.3 is 9.84 Å². The Balaban J connectivity index is 3.74. The van der Waals surface area contributed by atoms with Crippen LogP contribution < -0.4 is 0 Å². The Morgan fingerprint density at radius 2 is 1.63 bits per heavy atom. The van der Waals surface area contributed by atoms with Crippen LogP contribution in [0.1, 0.15) is 21.5 Å². The lowest BCUT2D eigenvalue weighted by molar-refractivity contribution is -0.162. The zero-order valence-electron chi connectivity index (χ0n) is 9.19. The molecule has 0 bridgehead atoms. The van der Waals surface area contributed by atoms with E-state index in [2.05, 4.69) is 4.74 Å². The molecule has 0 unspecified atom stereocenters. The molecule has 0 heterocycles. The maximum Gasteiger partial charge on any atom is 0.417 e. The van der Waals surface area contributed by atoms with Crippen molar-refractivity contribution < 1.29 is 41.0 Å². The third kappa shape index (κ3) is 3.09. The molecule has 0 aliphatic heterocycles. The van der Waals surface area contributed by atoms with Crippen LogP contribution in [0.5, 0.6) is 5.75 Å². The van der Waals surface area contributed by atoms with Crippen LogP contribution in [0.2, 0.25) is 0 Å². The van der Waals surface area contributed by atoms with Crippen molar-refractivity contribution in [3.8, 4) is 5.75 Å². The van der Waals surface area contributed by atoms with Crippen molar-refractivity contribution in [1.82, 2.24) is 0 Å². The van der Waals surface area contributed by atoms with Crippen molar-refractivity contribution in [2.75, 3.05) is 7.11 Å². The van der Waals surface area contributed by atoms with E-state index in [1.807, 2.05) is 0 Å². The highest BCUT2D eigenvalue weighted by Crippen LogP contribution is 2.43. The van der Waals surface area contributed by atoms with Gasteiger partial charge in [0.25, 0.3) is 0 Å². The molecule has 0 saturated carbocycles. The Kier molecular flexibility index (Phi) is 3.69. The fourth-order valence-electron chi connectivity index (χ4n) is 1.43. The number of phenols is 1. The van der Waals surface area contributed by atoms with Crippen molar-refractivity contribution in [2.45, 2.75) is 12.4 Å². The molecule has 3 nitrogen and oxygen atoms in total. The fourth-order valence-corrected chi connectivity index (χ4v) is 1.43. The molecule has 1 rings (SSSR count). The first-order chi connectivity index (χ1) is 8.48. The lowest BCUT2D eigenvalue weighted by atomic mass is 9.99. The number of carbonyl (C=O) groups is 1. The quantitative estimate of drug-likeness (QED) is 0.637. The molecule has 0 saturated heterocycles. The van der Waals surface area contributed by atoms with Crippen molar-refractivity contribution in [1.29, 1.82) is 0 Å². The summed E-state index contributed by atoms with van der Waals surface area (Å²) in [4.78, 5) is 11.1. The van der Waals surface area contributed by atoms with E-state index in [0.717, 1.165) is 0 Å². The van der Waals surface area contributed by atoms with Crippen molar-refractivity contribution in [3.63, 3.8) is 0 Å². The van der Waals surface area contributed by atoms with Crippen LogP contribution in [0.4, 0.5) is 26.3 Å². The topological polar surface area (TPSA) is 46.5 Å². The van der Waals surface area contributed by atoms with Crippen LogP contribution in [0, 0.1) is 0 Å². The largest absolute Gasteiger partial charge is 0.508 e. The van der Waals surface area contributed by atoms with Crippen LogP contribution in [0.15, 0.2) is 12.1 Å². The van der Waals surface area contributed by atoms with Crippen LogP contribution in [0.3, 0.4) is 0 Å². The van der Waals surface area contributed by atoms with E-state index in [4.69, 9.17) is 5.11 Å². The van der Waals surface area contributed by atoms with Crippen LogP contribution in [-0.2, 0) is 17.1 Å². The summed E-state index contributed by atoms with van der Waals surface area (Å²) in [5.74, 6) is -2.76. The molecule has 0 aromatic heterocycles. The lowest BCUT2D eigenvalue weighted by Gasteiger charge is -2.18. The van der Waals surface area contributed by atoms with Crippen LogP contribution in [-0.4, -0.2) is 18.2 Å². The van der Waals surface area contributed by atoms with Gasteiger partial charge in [-0.1, -0.05) is 0 Å². The van der Waals surface area contributed by atoms with Gasteiger partial charge in [0.15, 0.2) is 0 Å². The highest BCUT2D eigenvalue weighted by molar-refractivity contribution is 5.92. The summed E-state index contributed by atoms with van der Waals surface area (Å²) in [5.41, 5.74) is -5.74. The third-order valence-electron chi connectivity index (χ3n) is 2.12. The summed E-state index contributed by atoms with van der Waals surface area (Å²) in [7, 11) is 0.708. The normalized spacial score (nSPS) is 12.4. The molecule has 9 heteroatoms. The number of esters is 1. The minimum atomic E-state index is -5.43. The standard InChI is InChI=1S/C10H6F6O3/c1-19-8(18)5-2-4(17)3-6(9(11,12)13)7(5)10(14,15)16/h2-3,17H,1H3. The number of alkyl halides is 6. The van der Waals surface area contributed by atoms with E-state index in [1.54, 1.807) is 0 Å². The van der Waals surface area contributed by atoms with Crippen LogP contribution >= 0.6 is 0 Å². The van der Waals surface area contributed by atoms with Gasteiger partial charge in [-0.15, -0.1) is 0 Å². The number of hydrogen-bond donors (Lipinski definition) is 1. The molecule has 0 aliphatic rings. The third-order valence-corrected chi connectivity index (χ3v) is 2.12. The summed E-state index contributed by atoms with van der Waals surface area (Å²) < 4.78 is 79.6. The van der Waals surface area contributed by atoms with Crippen LogP contribution in [0.25, 0.3) is 0 Å². The molecule has 0 spiro atoms. The van der Waals surface area contributed by atoms with Gasteiger partial charge in [0.2, 0.25) is 0 Å². The fraction of sp³-hybridized carbons (Fsp3) is 0.300. The first-order valence-electron chi connectivity index (χ1n) is 4.58. The van der Waals surface area contributed by atoms with Crippen molar-refractivity contribution in [2.24, 2.45) is 0 Å². The maximum atomic E-state index is 12.7. The number of phenolic OH excluding ortho intramolecular Hbond substituents is 1. The summed E-state index contributed by atoms with van der Waals surface area (Å²) in [6.45, 7) is 0. The zero-order chi connectivity index (χ0) is 15.0. The van der Waals surface area contributed by atoms with E-state index in [9.17, 15) is 31.1 Å². The second kappa shape index (κ2) is 4.63. The summed E-state index contributed by atoms with van der Waals surface area (Å²) in [6.07, 6.45) is -10.8. The molecule has 0 radical (unpaired) electrons. The van der Waals surface area contributed by atoms with Gasteiger partial charge in [-0.05, 0) is 12.1 Å². The van der Waals surface area contributed by atoms with Gasteiger partial charge in [0, 0.05) is 0 Å². The Morgan fingerprint density at radius 1 is 1.11 bits per heavy atom. The number of benzene rings is 1. The molecule has 0 fully saturated rings. The maximum absolute atomic E-state index is 12.7. The molecule has 1 aromatic carbocycles. The minimum Gasteiger partial charge on any atom is -0.508 e. The van der Waals surface area contributed by atoms with E-state index in [-0.39, 0.29) is 12.1 Å². The Labute approximate surface area is 102 Å². The van der Waals surface area contributed by atoms with Crippen molar-refractivity contribution in [3.05, 3.63) is 28.8 Å². The van der Waals surface area contributed by atoms with Gasteiger partial charge >= 0.3 is 18.3 Å². The lowest BCUT2D eigenvalue weighted by Crippen LogP contribution is -2.21. The number of rotatable bonds is 1. The van der Waals surface area contributed by atoms with Crippen molar-refractivity contribution >= 4 is 5.97 Å². The molecule has 19 heavy (non-hydrogen) atoms. The zero-order valence-corrected chi connectivity index (χ0v) is 9.19. The SMILES string of the molecule is COC(=O)c1cc(O)cc(C(F)(F)F)c1C(F)(F)F. The molecule has 1 aromatic rings. The number of hydrogen-bond acceptors (Lipinski definition) is 3. The Morgan fingerprint density at radius 3 is 2.00 bits per heavy atom. The number of methoxy groups -OCH3 is 1. The molecule has 0 atom stereocenters. The summed E-state index contributed by atoms with van der Waals surface area (Å²) in [5, 5.41) is 9.02. The van der Waals surface area contributed by atoms with E-state index in [1.165, 1.54) is 0 Å². The molecule has 0 aliphatic carbocycles. The number of carbonyl (C=O) groups excluding carboxylic acids is 1. The molecule has 1 N–H and O–H groups in total. The van der Waals surface area contributed by atoms with E-state index < -0.39 is 40.8 Å². The summed E-state index contributed by atoms with van der Waals surface area (Å²) in [6, 6.07) is 0.166. The first kappa shape index (κ1) is 15.1. The Bertz CT molecular complexity index is 503. The second-order valence-electron chi connectivity index (χ2n) is 3.40. The number of halogens is 6. The predicted molar refractivity (Wildman–Crippen MR) is 49.5 cm³/mol. The van der Waals surface area contributed by atoms with Gasteiger partial charge in [-0.25, -0.2) is 4.79 Å². The second-order valence-corrected chi connectivity index (χ2v) is 3.40. The minimum absolute atomic E-state index is 0.102. The van der Waals surface area contributed by atoms with Gasteiger partial charge in [-0.3, -0.25) is 0 Å². The average molecular weight is 288 g/mol. The first-order valence-corrected chi connectivity index (χ1v) is 4.58. The number of ether oxygens (including phenoxy) is 1. The predicted octanol–water partition coefficient (Wildman–Crippen LogP) is 3.22. The molecule has 106 valence electrons. The summed E-state index contributed by atoms with van der Waals surface area (Å²) >= 11 is 0. The van der Waals surface area contributed by atoms with Gasteiger partial charge in [-0.2, -0.15) is 26.3 Å². The molecular weight excluding hydrogens is 282 g/mol. The average Bonchev–Trinajstić information content (AvgIpc) is 2.23. The number of aromatic hydroxyl groups is 1. The van der Waals surface area contributed by atoms with E-state index >= 15 is 0 Å². The smallest absolute Gasteiger partial charge is 0.417 e. The van der Waals surface area contributed by atoms with E-state index in [0.29, 0.717) is 7.11 Å². The Hall–Kier alpha value is -1.93. The van der Waals surface area contributed by atoms with Gasteiger partial charge in [0.05, 0.1) is 23.8 Å². The molecule has 0 amide bonds.